The highest BCUT2D eigenvalue weighted by Gasteiger charge is 2.51. The molecule has 1 fully saturated rings. The fraction of sp³-hybridized carbons (Fsp3) is 0.308. The first-order valence-corrected chi connectivity index (χ1v) is 6.46. The number of halogens is 1. The molecule has 116 valence electrons. The Bertz CT molecular complexity index is 680. The molecule has 0 aliphatic carbocycles. The van der Waals surface area contributed by atoms with Crippen molar-refractivity contribution < 1.29 is 28.2 Å². The van der Waals surface area contributed by atoms with E-state index in [1.165, 1.54) is 18.2 Å². The molecule has 0 bridgehead atoms. The number of amides is 3. The van der Waals surface area contributed by atoms with Crippen LogP contribution in [0.3, 0.4) is 0 Å². The average Bonchev–Trinajstić information content (AvgIpc) is 2.86. The summed E-state index contributed by atoms with van der Waals surface area (Å²) in [4.78, 5) is 35.6. The van der Waals surface area contributed by atoms with Crippen LogP contribution in [-0.4, -0.2) is 41.7 Å². The fourth-order valence-electron chi connectivity index (χ4n) is 2.55. The Labute approximate surface area is 124 Å². The number of likely N-dealkylation sites (tertiary alicyclic amines) is 1. The molecule has 0 aromatic heterocycles. The van der Waals surface area contributed by atoms with Crippen LogP contribution in [-0.2, 0) is 9.53 Å². The molecule has 2 aliphatic rings. The highest BCUT2D eigenvalue weighted by Crippen LogP contribution is 2.39. The molecule has 9 heteroatoms. The van der Waals surface area contributed by atoms with Crippen LogP contribution in [0.2, 0.25) is 0 Å². The molecular weight excluding hydrogens is 297 g/mol. The van der Waals surface area contributed by atoms with Crippen LogP contribution in [0.1, 0.15) is 6.42 Å². The Morgan fingerprint density at radius 3 is 2.95 bits per heavy atom. The number of primary amides is 1. The largest absolute Gasteiger partial charge is 0.473 e. The van der Waals surface area contributed by atoms with Gasteiger partial charge in [-0.25, -0.2) is 14.0 Å². The molecule has 1 saturated heterocycles. The first-order chi connectivity index (χ1) is 10.4. The van der Waals surface area contributed by atoms with Crippen molar-refractivity contribution in [3.63, 3.8) is 0 Å². The molecule has 1 aromatic rings. The number of hydrogen-bond acceptors (Lipinski definition) is 5. The topological polar surface area (TPSA) is 111 Å². The maximum absolute atomic E-state index is 13.6. The van der Waals surface area contributed by atoms with E-state index in [1.54, 1.807) is 0 Å². The number of hydrogen-bond donors (Lipinski definition) is 2. The SMILES string of the molecule is NC(=O)OC(=O)N1CCC2(C1)Oc1cccc(F)c1NC2=O. The van der Waals surface area contributed by atoms with Gasteiger partial charge in [-0.05, 0) is 12.1 Å². The second-order valence-corrected chi connectivity index (χ2v) is 5.02. The van der Waals surface area contributed by atoms with Gasteiger partial charge in [0.05, 0.1) is 6.54 Å². The molecule has 8 nitrogen and oxygen atoms in total. The molecule has 0 radical (unpaired) electrons. The van der Waals surface area contributed by atoms with Gasteiger partial charge in [0.25, 0.3) is 5.91 Å². The Morgan fingerprint density at radius 2 is 2.23 bits per heavy atom. The number of carbonyl (C=O) groups excluding carboxylic acids is 3. The summed E-state index contributed by atoms with van der Waals surface area (Å²) in [6.07, 6.45) is -2.00. The molecule has 2 heterocycles. The van der Waals surface area contributed by atoms with Crippen molar-refractivity contribution >= 4 is 23.8 Å². The normalized spacial score (nSPS) is 22.8. The number of rotatable bonds is 0. The second kappa shape index (κ2) is 4.86. The van der Waals surface area contributed by atoms with Crippen molar-refractivity contribution in [1.82, 2.24) is 4.90 Å². The first kappa shape index (κ1) is 14.1. The minimum absolute atomic E-state index is 0.0312. The van der Waals surface area contributed by atoms with E-state index in [1.807, 2.05) is 0 Å². The van der Waals surface area contributed by atoms with Gasteiger partial charge in [0.2, 0.25) is 5.60 Å². The maximum Gasteiger partial charge on any atom is 0.418 e. The van der Waals surface area contributed by atoms with Gasteiger partial charge in [-0.2, -0.15) is 0 Å². The van der Waals surface area contributed by atoms with Crippen molar-refractivity contribution in [3.05, 3.63) is 24.0 Å². The number of carbonyl (C=O) groups is 3. The summed E-state index contributed by atoms with van der Waals surface area (Å²) < 4.78 is 23.5. The molecule has 3 amide bonds. The molecular formula is C13H12FN3O5. The van der Waals surface area contributed by atoms with Crippen molar-refractivity contribution in [2.45, 2.75) is 12.0 Å². The Balaban J connectivity index is 1.82. The van der Waals surface area contributed by atoms with Gasteiger partial charge in [-0.3, -0.25) is 4.79 Å². The third kappa shape index (κ3) is 2.20. The summed E-state index contributed by atoms with van der Waals surface area (Å²) in [5, 5.41) is 2.45. The molecule has 1 aromatic carbocycles. The number of nitrogens with two attached hydrogens (primary N) is 1. The van der Waals surface area contributed by atoms with Crippen molar-refractivity contribution in [1.29, 1.82) is 0 Å². The monoisotopic (exact) mass is 309 g/mol. The van der Waals surface area contributed by atoms with E-state index >= 15 is 0 Å². The molecule has 2 aliphatic heterocycles. The molecule has 3 rings (SSSR count). The van der Waals surface area contributed by atoms with Crippen molar-refractivity contribution in [2.75, 3.05) is 18.4 Å². The fourth-order valence-corrected chi connectivity index (χ4v) is 2.55. The van der Waals surface area contributed by atoms with Crippen LogP contribution in [0.15, 0.2) is 18.2 Å². The van der Waals surface area contributed by atoms with Gasteiger partial charge in [0, 0.05) is 13.0 Å². The lowest BCUT2D eigenvalue weighted by atomic mass is 9.99. The maximum atomic E-state index is 13.6. The van der Waals surface area contributed by atoms with E-state index in [0.717, 1.165) is 4.90 Å². The van der Waals surface area contributed by atoms with Gasteiger partial charge in [0.1, 0.15) is 11.4 Å². The van der Waals surface area contributed by atoms with Crippen molar-refractivity contribution in [2.24, 2.45) is 5.73 Å². The number of nitrogens with zero attached hydrogens (tertiary/aromatic N) is 1. The van der Waals surface area contributed by atoms with Gasteiger partial charge >= 0.3 is 12.2 Å². The minimum atomic E-state index is -1.34. The Hall–Kier alpha value is -2.84. The lowest BCUT2D eigenvalue weighted by molar-refractivity contribution is -0.131. The number of para-hydroxylation sites is 1. The van der Waals surface area contributed by atoms with E-state index in [-0.39, 0.29) is 30.9 Å². The molecule has 1 atom stereocenters. The number of benzene rings is 1. The molecule has 3 N–H and O–H groups in total. The van der Waals surface area contributed by atoms with Crippen LogP contribution in [0.4, 0.5) is 19.7 Å². The van der Waals surface area contributed by atoms with E-state index in [4.69, 9.17) is 10.5 Å². The van der Waals surface area contributed by atoms with Crippen molar-refractivity contribution in [3.8, 4) is 5.75 Å². The molecule has 22 heavy (non-hydrogen) atoms. The quantitative estimate of drug-likeness (QED) is 0.689. The third-order valence-corrected chi connectivity index (χ3v) is 3.61. The van der Waals surface area contributed by atoms with E-state index in [0.29, 0.717) is 0 Å². The zero-order valence-electron chi connectivity index (χ0n) is 11.3. The minimum Gasteiger partial charge on any atom is -0.473 e. The van der Waals surface area contributed by atoms with E-state index in [9.17, 15) is 18.8 Å². The smallest absolute Gasteiger partial charge is 0.418 e. The number of ether oxygens (including phenoxy) is 2. The van der Waals surface area contributed by atoms with E-state index in [2.05, 4.69) is 10.1 Å². The lowest BCUT2D eigenvalue weighted by Gasteiger charge is -2.34. The second-order valence-electron chi connectivity index (χ2n) is 5.02. The highest BCUT2D eigenvalue weighted by molar-refractivity contribution is 6.01. The standard InChI is InChI=1S/C13H12FN3O5/c14-7-2-1-3-8-9(7)16-10(18)13(22-8)4-5-17(6-13)12(20)21-11(15)19/h1-3H,4-6H2,(H2,15,19)(H,16,18). The summed E-state index contributed by atoms with van der Waals surface area (Å²) in [6.45, 7) is 0.0189. The van der Waals surface area contributed by atoms with Gasteiger partial charge in [-0.1, -0.05) is 6.07 Å². The molecule has 1 spiro atoms. The summed E-state index contributed by atoms with van der Waals surface area (Å²) in [6, 6.07) is 4.17. The zero-order chi connectivity index (χ0) is 15.9. The third-order valence-electron chi connectivity index (χ3n) is 3.61. The average molecular weight is 309 g/mol. The summed E-state index contributed by atoms with van der Waals surface area (Å²) in [5.74, 6) is -0.979. The Kier molecular flexibility index (Phi) is 3.12. The predicted molar refractivity (Wildman–Crippen MR) is 70.6 cm³/mol. The van der Waals surface area contributed by atoms with Crippen LogP contribution in [0.5, 0.6) is 5.75 Å². The predicted octanol–water partition coefficient (Wildman–Crippen LogP) is 0.816. The summed E-state index contributed by atoms with van der Waals surface area (Å²) in [5.41, 5.74) is 3.41. The van der Waals surface area contributed by atoms with E-state index < -0.39 is 29.5 Å². The van der Waals surface area contributed by atoms with Crippen LogP contribution >= 0.6 is 0 Å². The van der Waals surface area contributed by atoms with Gasteiger partial charge in [-0.15, -0.1) is 0 Å². The number of anilines is 1. The summed E-state index contributed by atoms with van der Waals surface area (Å²) in [7, 11) is 0. The van der Waals surface area contributed by atoms with Crippen LogP contribution in [0, 0.1) is 5.82 Å². The summed E-state index contributed by atoms with van der Waals surface area (Å²) >= 11 is 0. The molecule has 0 saturated carbocycles. The van der Waals surface area contributed by atoms with Gasteiger partial charge in [0.15, 0.2) is 5.82 Å². The highest BCUT2D eigenvalue weighted by atomic mass is 19.1. The van der Waals surface area contributed by atoms with Crippen LogP contribution < -0.4 is 15.8 Å². The molecule has 1 unspecified atom stereocenters. The first-order valence-electron chi connectivity index (χ1n) is 6.46. The van der Waals surface area contributed by atoms with Gasteiger partial charge < -0.3 is 25.4 Å². The Morgan fingerprint density at radius 1 is 1.45 bits per heavy atom. The number of nitrogens with one attached hydrogen (secondary N) is 1. The zero-order valence-corrected chi connectivity index (χ0v) is 11.3. The van der Waals surface area contributed by atoms with Crippen LogP contribution in [0.25, 0.3) is 0 Å². The number of fused-ring (bicyclic) bond motifs is 1. The lowest BCUT2D eigenvalue weighted by Crippen LogP contribution is -2.53.